The minimum Gasteiger partial charge on any atom is -0.322 e. The summed E-state index contributed by atoms with van der Waals surface area (Å²) >= 11 is 5.89. The van der Waals surface area contributed by atoms with E-state index in [4.69, 9.17) is 11.6 Å². The van der Waals surface area contributed by atoms with Crippen LogP contribution in [0.5, 0.6) is 0 Å². The monoisotopic (exact) mass is 493 g/mol. The molecule has 0 bridgehead atoms. The number of alkyl halides is 3. The van der Waals surface area contributed by atoms with Crippen LogP contribution in [0, 0.1) is 5.82 Å². The lowest BCUT2D eigenvalue weighted by Crippen LogP contribution is -2.54. The van der Waals surface area contributed by atoms with Gasteiger partial charge in [-0.2, -0.15) is 17.5 Å². The second-order valence-corrected chi connectivity index (χ2v) is 9.54. The lowest BCUT2D eigenvalue weighted by Gasteiger charge is -2.36. The zero-order chi connectivity index (χ0) is 23.7. The van der Waals surface area contributed by atoms with Gasteiger partial charge in [-0.15, -0.1) is 0 Å². The average molecular weight is 494 g/mol. The fourth-order valence-electron chi connectivity index (χ4n) is 3.31. The van der Waals surface area contributed by atoms with Gasteiger partial charge in [-0.1, -0.05) is 23.7 Å². The number of halogens is 5. The molecule has 0 spiro atoms. The molecule has 0 aromatic heterocycles. The molecule has 1 amide bonds. The number of nitrogens with zero attached hydrogens (tertiary/aromatic N) is 2. The number of piperazine rings is 1. The Balaban J connectivity index is 1.68. The summed E-state index contributed by atoms with van der Waals surface area (Å²) in [6.45, 7) is 1.81. The molecule has 2 aromatic carbocycles. The SMILES string of the molecule is CC(C(=O)Nc1ccccc1F)N1CCN(S(=O)(=O)c2cc(C(F)(F)F)ccc2Cl)CC1. The number of amides is 1. The lowest BCUT2D eigenvalue weighted by molar-refractivity contribution is -0.137. The maximum atomic E-state index is 13.8. The molecule has 0 saturated carbocycles. The van der Waals surface area contributed by atoms with Crippen molar-refractivity contribution in [2.24, 2.45) is 0 Å². The number of benzene rings is 2. The molecule has 1 saturated heterocycles. The number of hydrogen-bond donors (Lipinski definition) is 1. The molecule has 2 aromatic rings. The molecule has 0 aliphatic carbocycles. The topological polar surface area (TPSA) is 69.7 Å². The Hall–Kier alpha value is -2.21. The number of para-hydroxylation sites is 1. The third-order valence-electron chi connectivity index (χ3n) is 5.21. The van der Waals surface area contributed by atoms with Crippen molar-refractivity contribution in [1.82, 2.24) is 9.21 Å². The highest BCUT2D eigenvalue weighted by Crippen LogP contribution is 2.34. The molecule has 6 nitrogen and oxygen atoms in total. The summed E-state index contributed by atoms with van der Waals surface area (Å²) in [5.41, 5.74) is -1.08. The Kier molecular flexibility index (Phi) is 7.13. The molecule has 1 fully saturated rings. The van der Waals surface area contributed by atoms with E-state index in [1.807, 2.05) is 0 Å². The van der Waals surface area contributed by atoms with Crippen LogP contribution < -0.4 is 5.32 Å². The van der Waals surface area contributed by atoms with Gasteiger partial charge in [0, 0.05) is 26.2 Å². The lowest BCUT2D eigenvalue weighted by atomic mass is 10.2. The van der Waals surface area contributed by atoms with Gasteiger partial charge in [0.2, 0.25) is 15.9 Å². The van der Waals surface area contributed by atoms with Gasteiger partial charge in [0.05, 0.1) is 22.3 Å². The van der Waals surface area contributed by atoms with Crippen LogP contribution in [-0.4, -0.2) is 55.8 Å². The zero-order valence-electron chi connectivity index (χ0n) is 16.9. The van der Waals surface area contributed by atoms with E-state index in [1.54, 1.807) is 17.9 Å². The van der Waals surface area contributed by atoms with E-state index in [9.17, 15) is 30.8 Å². The summed E-state index contributed by atoms with van der Waals surface area (Å²) < 4.78 is 79.6. The summed E-state index contributed by atoms with van der Waals surface area (Å²) in [6, 6.07) is 7.16. The largest absolute Gasteiger partial charge is 0.416 e. The van der Waals surface area contributed by atoms with Crippen LogP contribution in [0.25, 0.3) is 0 Å². The molecule has 32 heavy (non-hydrogen) atoms. The number of nitrogens with one attached hydrogen (secondary N) is 1. The quantitative estimate of drug-likeness (QED) is 0.643. The van der Waals surface area contributed by atoms with Crippen molar-refractivity contribution in [2.45, 2.75) is 24.0 Å². The van der Waals surface area contributed by atoms with Crippen LogP contribution in [-0.2, 0) is 21.0 Å². The summed E-state index contributed by atoms with van der Waals surface area (Å²) in [7, 11) is -4.27. The van der Waals surface area contributed by atoms with E-state index in [0.29, 0.717) is 6.07 Å². The Labute approximate surface area is 187 Å². The van der Waals surface area contributed by atoms with Crippen LogP contribution >= 0.6 is 11.6 Å². The normalized spacial score (nSPS) is 17.2. The van der Waals surface area contributed by atoms with Crippen molar-refractivity contribution in [3.8, 4) is 0 Å². The highest BCUT2D eigenvalue weighted by atomic mass is 35.5. The minimum atomic E-state index is -4.71. The van der Waals surface area contributed by atoms with Gasteiger partial charge < -0.3 is 5.32 Å². The molecule has 1 unspecified atom stereocenters. The molecule has 12 heteroatoms. The van der Waals surface area contributed by atoms with E-state index in [0.717, 1.165) is 16.4 Å². The maximum absolute atomic E-state index is 13.8. The summed E-state index contributed by atoms with van der Waals surface area (Å²) in [5, 5.41) is 2.18. The first-order chi connectivity index (χ1) is 14.9. The maximum Gasteiger partial charge on any atom is 0.416 e. The summed E-state index contributed by atoms with van der Waals surface area (Å²) in [5.74, 6) is -1.05. The molecule has 1 atom stereocenters. The van der Waals surface area contributed by atoms with Gasteiger partial charge in [0.15, 0.2) is 0 Å². The smallest absolute Gasteiger partial charge is 0.322 e. The molecule has 1 aliphatic heterocycles. The summed E-state index contributed by atoms with van der Waals surface area (Å²) in [4.78, 5) is 13.6. The first-order valence-corrected chi connectivity index (χ1v) is 11.4. The third-order valence-corrected chi connectivity index (χ3v) is 7.59. The van der Waals surface area contributed by atoms with Crippen LogP contribution in [0.15, 0.2) is 47.4 Å². The second-order valence-electron chi connectivity index (χ2n) is 7.23. The molecule has 1 N–H and O–H groups in total. The number of anilines is 1. The molecule has 1 aliphatic rings. The van der Waals surface area contributed by atoms with Crippen LogP contribution in [0.4, 0.5) is 23.2 Å². The standard InChI is InChI=1S/C20H20ClF4N3O3S/c1-13(19(29)26-17-5-3-2-4-16(17)22)27-8-10-28(11-9-27)32(30,31)18-12-14(20(23,24)25)6-7-15(18)21/h2-7,12-13H,8-11H2,1H3,(H,26,29). The van der Waals surface area contributed by atoms with E-state index in [-0.39, 0.29) is 36.9 Å². The van der Waals surface area contributed by atoms with Gasteiger partial charge in [-0.3, -0.25) is 9.69 Å². The minimum absolute atomic E-state index is 0.0322. The van der Waals surface area contributed by atoms with E-state index >= 15 is 0 Å². The molecular formula is C20H20ClF4N3O3S. The van der Waals surface area contributed by atoms with Gasteiger partial charge in [0.1, 0.15) is 10.7 Å². The number of hydrogen-bond acceptors (Lipinski definition) is 4. The molecule has 174 valence electrons. The predicted octanol–water partition coefficient (Wildman–Crippen LogP) is 3.83. The first kappa shape index (κ1) is 24.4. The van der Waals surface area contributed by atoms with E-state index in [2.05, 4.69) is 5.32 Å². The van der Waals surface area contributed by atoms with E-state index < -0.39 is 44.4 Å². The molecular weight excluding hydrogens is 474 g/mol. The van der Waals surface area contributed by atoms with Crippen molar-refractivity contribution in [1.29, 1.82) is 0 Å². The highest BCUT2D eigenvalue weighted by molar-refractivity contribution is 7.89. The van der Waals surface area contributed by atoms with E-state index in [1.165, 1.54) is 18.2 Å². The summed E-state index contributed by atoms with van der Waals surface area (Å²) in [6.07, 6.45) is -4.71. The molecule has 3 rings (SSSR count). The number of sulfonamides is 1. The van der Waals surface area contributed by atoms with Crippen LogP contribution in [0.2, 0.25) is 5.02 Å². The van der Waals surface area contributed by atoms with Gasteiger partial charge in [0.25, 0.3) is 0 Å². The van der Waals surface area contributed by atoms with Gasteiger partial charge >= 0.3 is 6.18 Å². The van der Waals surface area contributed by atoms with Crippen molar-refractivity contribution in [3.63, 3.8) is 0 Å². The fraction of sp³-hybridized carbons (Fsp3) is 0.350. The van der Waals surface area contributed by atoms with Crippen molar-refractivity contribution in [2.75, 3.05) is 31.5 Å². The van der Waals surface area contributed by atoms with Gasteiger partial charge in [-0.05, 0) is 37.3 Å². The Bertz CT molecular complexity index is 1100. The Morgan fingerprint density at radius 3 is 2.31 bits per heavy atom. The number of rotatable bonds is 5. The third kappa shape index (κ3) is 5.22. The fourth-order valence-corrected chi connectivity index (χ4v) is 5.24. The van der Waals surface area contributed by atoms with Gasteiger partial charge in [-0.25, -0.2) is 12.8 Å². The highest BCUT2D eigenvalue weighted by Gasteiger charge is 2.36. The molecule has 1 heterocycles. The Morgan fingerprint density at radius 2 is 1.72 bits per heavy atom. The first-order valence-electron chi connectivity index (χ1n) is 9.57. The van der Waals surface area contributed by atoms with Crippen LogP contribution in [0.1, 0.15) is 12.5 Å². The van der Waals surface area contributed by atoms with Crippen LogP contribution in [0.3, 0.4) is 0 Å². The zero-order valence-corrected chi connectivity index (χ0v) is 18.4. The Morgan fingerprint density at radius 1 is 1.09 bits per heavy atom. The van der Waals surface area contributed by atoms with Crippen molar-refractivity contribution >= 4 is 33.2 Å². The number of carbonyl (C=O) groups is 1. The second kappa shape index (κ2) is 9.34. The average Bonchev–Trinajstić information content (AvgIpc) is 2.74. The predicted molar refractivity (Wildman–Crippen MR) is 111 cm³/mol. The molecule has 0 radical (unpaired) electrons. The number of carbonyl (C=O) groups excluding carboxylic acids is 1. The van der Waals surface area contributed by atoms with Crippen molar-refractivity contribution in [3.05, 3.63) is 58.9 Å². The van der Waals surface area contributed by atoms with Crippen molar-refractivity contribution < 1.29 is 30.8 Å².